The summed E-state index contributed by atoms with van der Waals surface area (Å²) in [5.74, 6) is -1.63. The molecule has 43 heavy (non-hydrogen) atoms. The van der Waals surface area contributed by atoms with Crippen molar-refractivity contribution in [2.45, 2.75) is 17.4 Å². The van der Waals surface area contributed by atoms with Crippen LogP contribution in [0.25, 0.3) is 44.7 Å². The lowest BCUT2D eigenvalue weighted by atomic mass is 10.1. The number of imidazole rings is 2. The summed E-state index contributed by atoms with van der Waals surface area (Å²) in [5, 5.41) is 0.860. The minimum absolute atomic E-state index is 0.268. The highest BCUT2D eigenvalue weighted by atomic mass is 32.2. The predicted molar refractivity (Wildman–Crippen MR) is 148 cm³/mol. The summed E-state index contributed by atoms with van der Waals surface area (Å²) in [5.41, 5.74) is 3.86. The van der Waals surface area contributed by atoms with Crippen LogP contribution in [0.15, 0.2) is 101 Å². The number of hydrogen-bond acceptors (Lipinski definition) is 6. The molecule has 0 aliphatic rings. The molecule has 1 aromatic carbocycles. The Morgan fingerprint density at radius 1 is 0.651 bits per heavy atom. The van der Waals surface area contributed by atoms with E-state index >= 15 is 0 Å². The lowest BCUT2D eigenvalue weighted by molar-refractivity contribution is -0.146. The van der Waals surface area contributed by atoms with E-state index in [1.165, 1.54) is 36.5 Å². The summed E-state index contributed by atoms with van der Waals surface area (Å²) in [6.07, 6.45) is -0.290. The van der Waals surface area contributed by atoms with Gasteiger partial charge in [-0.1, -0.05) is 24.3 Å². The molecule has 7 rings (SSSR count). The zero-order chi connectivity index (χ0) is 30.4. The van der Waals surface area contributed by atoms with Crippen LogP contribution in [0.5, 0.6) is 0 Å². The highest BCUT2D eigenvalue weighted by Gasteiger charge is 2.36. The second-order valence-corrected chi connectivity index (χ2v) is 9.99. The largest absolute Gasteiger partial charge is 0.450 e. The van der Waals surface area contributed by atoms with Gasteiger partial charge in [0.25, 0.3) is 0 Å². The van der Waals surface area contributed by atoms with E-state index in [0.29, 0.717) is 33.3 Å². The maximum Gasteiger partial charge on any atom is 0.450 e. The van der Waals surface area contributed by atoms with E-state index in [9.17, 15) is 26.3 Å². The number of hydrogen-bond donors (Lipinski definition) is 0. The first kappa shape index (κ1) is 28.3. The zero-order valence-corrected chi connectivity index (χ0v) is 22.7. The van der Waals surface area contributed by atoms with E-state index in [0.717, 1.165) is 19.4 Å². The molecule has 0 saturated carbocycles. The molecular formula is C29H18F6N6OS. The van der Waals surface area contributed by atoms with Gasteiger partial charge in [-0.25, -0.2) is 19.9 Å². The van der Waals surface area contributed by atoms with Gasteiger partial charge in [0.15, 0.2) is 5.58 Å². The van der Waals surface area contributed by atoms with Crippen molar-refractivity contribution in [3.8, 4) is 22.6 Å². The Kier molecular flexibility index (Phi) is 7.08. The van der Waals surface area contributed by atoms with E-state index in [1.807, 2.05) is 24.5 Å². The molecule has 0 atom stereocenters. The van der Waals surface area contributed by atoms with Gasteiger partial charge in [-0.2, -0.15) is 26.3 Å². The van der Waals surface area contributed by atoms with Crippen molar-refractivity contribution in [2.75, 3.05) is 6.26 Å². The van der Waals surface area contributed by atoms with Crippen molar-refractivity contribution in [2.24, 2.45) is 0 Å². The summed E-state index contributed by atoms with van der Waals surface area (Å²) in [6.45, 7) is 0. The third kappa shape index (κ3) is 5.65. The smallest absolute Gasteiger partial charge is 0.436 e. The van der Waals surface area contributed by atoms with Gasteiger partial charge in [0, 0.05) is 24.2 Å². The first-order valence-electron chi connectivity index (χ1n) is 12.5. The summed E-state index contributed by atoms with van der Waals surface area (Å²) in [4.78, 5) is 15.4. The van der Waals surface area contributed by atoms with Crippen molar-refractivity contribution >= 4 is 33.9 Å². The van der Waals surface area contributed by atoms with Gasteiger partial charge in [-0.05, 0) is 48.2 Å². The lowest BCUT2D eigenvalue weighted by Gasteiger charge is -2.07. The minimum atomic E-state index is -4.52. The average molecular weight is 613 g/mol. The van der Waals surface area contributed by atoms with Gasteiger partial charge in [-0.3, -0.25) is 8.80 Å². The Hall–Kier alpha value is -4.85. The highest BCUT2D eigenvalue weighted by molar-refractivity contribution is 7.98. The minimum Gasteiger partial charge on any atom is -0.436 e. The zero-order valence-electron chi connectivity index (χ0n) is 21.9. The number of oxazole rings is 1. The van der Waals surface area contributed by atoms with Gasteiger partial charge in [0.1, 0.15) is 5.52 Å². The molecule has 0 unspecified atom stereocenters. The summed E-state index contributed by atoms with van der Waals surface area (Å²) in [6, 6.07) is 17.4. The first-order valence-corrected chi connectivity index (χ1v) is 13.7. The van der Waals surface area contributed by atoms with Gasteiger partial charge in [-0.15, -0.1) is 11.8 Å². The Morgan fingerprint density at radius 2 is 1.23 bits per heavy atom. The van der Waals surface area contributed by atoms with Crippen LogP contribution in [-0.2, 0) is 12.4 Å². The molecule has 6 heterocycles. The van der Waals surface area contributed by atoms with E-state index in [-0.39, 0.29) is 5.89 Å². The Labute approximate surface area is 242 Å². The fourth-order valence-corrected chi connectivity index (χ4v) is 4.73. The van der Waals surface area contributed by atoms with Crippen molar-refractivity contribution in [1.82, 2.24) is 28.7 Å². The number of thioether (sulfide) groups is 1. The molecule has 0 N–H and O–H groups in total. The lowest BCUT2D eigenvalue weighted by Crippen LogP contribution is -2.10. The van der Waals surface area contributed by atoms with Crippen LogP contribution < -0.4 is 0 Å². The Balaban J connectivity index is 0.000000153. The van der Waals surface area contributed by atoms with Crippen LogP contribution in [-0.4, -0.2) is 35.0 Å². The number of fused-ring (bicyclic) bond motifs is 3. The third-order valence-corrected chi connectivity index (χ3v) is 7.04. The van der Waals surface area contributed by atoms with Crippen LogP contribution in [0.2, 0.25) is 0 Å². The Bertz CT molecular complexity index is 2030. The van der Waals surface area contributed by atoms with Crippen molar-refractivity contribution in [3.63, 3.8) is 0 Å². The molecule has 0 aliphatic carbocycles. The molecule has 0 radical (unpaired) electrons. The summed E-state index contributed by atoms with van der Waals surface area (Å²) in [7, 11) is 0. The van der Waals surface area contributed by atoms with Crippen LogP contribution in [0.3, 0.4) is 0 Å². The van der Waals surface area contributed by atoms with Crippen LogP contribution in [0.4, 0.5) is 26.3 Å². The maximum atomic E-state index is 12.9. The average Bonchev–Trinajstić information content (AvgIpc) is 3.73. The third-order valence-electron chi connectivity index (χ3n) is 6.38. The van der Waals surface area contributed by atoms with Gasteiger partial charge >= 0.3 is 12.4 Å². The number of rotatable bonds is 3. The topological polar surface area (TPSA) is 73.5 Å². The fourth-order valence-electron chi connectivity index (χ4n) is 4.36. The second kappa shape index (κ2) is 10.8. The SMILES string of the molecule is CSc1ccc(-c2ccc3cnc(C(F)(F)F)n3c2)cn1.FC(F)(F)c1ncc2ccc(-c3nc4ccccc4o3)cn12. The number of para-hydroxylation sites is 2. The molecule has 6 aromatic heterocycles. The second-order valence-electron chi connectivity index (χ2n) is 9.16. The van der Waals surface area contributed by atoms with Crippen molar-refractivity contribution in [3.05, 3.63) is 103 Å². The molecule has 7 aromatic rings. The monoisotopic (exact) mass is 612 g/mol. The summed E-state index contributed by atoms with van der Waals surface area (Å²) >= 11 is 1.51. The molecule has 14 heteroatoms. The number of pyridine rings is 3. The Morgan fingerprint density at radius 3 is 1.79 bits per heavy atom. The van der Waals surface area contributed by atoms with Gasteiger partial charge < -0.3 is 4.42 Å². The normalized spacial score (nSPS) is 12.2. The molecule has 0 bridgehead atoms. The van der Waals surface area contributed by atoms with E-state index in [1.54, 1.807) is 48.7 Å². The van der Waals surface area contributed by atoms with Crippen molar-refractivity contribution in [1.29, 1.82) is 0 Å². The molecular weight excluding hydrogens is 594 g/mol. The number of halogens is 6. The number of benzene rings is 1. The number of alkyl halides is 6. The molecule has 0 saturated heterocycles. The molecule has 0 aliphatic heterocycles. The quantitative estimate of drug-likeness (QED) is 0.148. The molecule has 218 valence electrons. The van der Waals surface area contributed by atoms with Crippen molar-refractivity contribution < 1.29 is 30.8 Å². The van der Waals surface area contributed by atoms with Gasteiger partial charge in [0.05, 0.1) is 34.0 Å². The molecule has 0 fully saturated rings. The molecule has 0 amide bonds. The van der Waals surface area contributed by atoms with Gasteiger partial charge in [0.2, 0.25) is 17.5 Å². The fraction of sp³-hybridized carbons (Fsp3) is 0.103. The predicted octanol–water partition coefficient (Wildman–Crippen LogP) is 8.30. The maximum absolute atomic E-state index is 12.9. The van der Waals surface area contributed by atoms with E-state index in [4.69, 9.17) is 4.42 Å². The van der Waals surface area contributed by atoms with E-state index < -0.39 is 24.0 Å². The highest BCUT2D eigenvalue weighted by Crippen LogP contribution is 2.32. The number of aromatic nitrogens is 6. The van der Waals surface area contributed by atoms with Crippen LogP contribution >= 0.6 is 11.8 Å². The molecule has 0 spiro atoms. The van der Waals surface area contributed by atoms with E-state index in [2.05, 4.69) is 19.9 Å². The number of nitrogens with zero attached hydrogens (tertiary/aromatic N) is 6. The van der Waals surface area contributed by atoms with Crippen LogP contribution in [0, 0.1) is 0 Å². The first-order chi connectivity index (χ1) is 20.5. The standard InChI is InChI=1S/C15H8F3N3O.C14H10F3N3S/c16-15(17,18)14-19-7-10-6-5-9(8-21(10)14)13-20-11-3-1-2-4-12(11)22-13;1-21-12-5-3-9(6-18-12)10-2-4-11-7-19-13(14(15,16)17)20(11)8-10/h1-8H;2-8H,1H3. The molecule has 7 nitrogen and oxygen atoms in total. The van der Waals surface area contributed by atoms with Crippen LogP contribution in [0.1, 0.15) is 11.6 Å². The summed E-state index contributed by atoms with van der Waals surface area (Å²) < 4.78 is 85.1.